The van der Waals surface area contributed by atoms with Crippen LogP contribution >= 0.6 is 0 Å². The topological polar surface area (TPSA) is 33.1 Å². The van der Waals surface area contributed by atoms with Crippen LogP contribution in [0.25, 0.3) is 33.2 Å². The SMILES string of the molecule is Cc1ccc2cccc(-c3ccccc3-c3ccc(O)cc3)c2n1.[AlH3]. The number of hydrogen-bond donors (Lipinski definition) is 1. The standard InChI is InChI=1S/C22H17NO.Al.3H/c1-15-9-10-17-5-4-8-21(22(17)23-15)20-7-3-2-6-19(20)16-11-13-18(24)14-12-16;;;;/h2-14,24H,1H3;;;;. The largest absolute Gasteiger partial charge is 0.508 e. The van der Waals surface area contributed by atoms with Gasteiger partial charge < -0.3 is 5.11 Å². The molecule has 4 rings (SSSR count). The second kappa shape index (κ2) is 7.11. The summed E-state index contributed by atoms with van der Waals surface area (Å²) >= 11 is 0. The van der Waals surface area contributed by atoms with Gasteiger partial charge in [-0.15, -0.1) is 0 Å². The molecule has 25 heavy (non-hydrogen) atoms. The second-order valence-electron chi connectivity index (χ2n) is 5.92. The summed E-state index contributed by atoms with van der Waals surface area (Å²) < 4.78 is 0. The number of rotatable bonds is 2. The summed E-state index contributed by atoms with van der Waals surface area (Å²) in [4.78, 5) is 4.76. The third-order valence-electron chi connectivity index (χ3n) is 4.26. The van der Waals surface area contributed by atoms with Gasteiger partial charge in [0.15, 0.2) is 17.4 Å². The van der Waals surface area contributed by atoms with E-state index in [0.717, 1.165) is 38.9 Å². The first-order valence-electron chi connectivity index (χ1n) is 7.97. The highest BCUT2D eigenvalue weighted by Crippen LogP contribution is 2.35. The average Bonchev–Trinajstić information content (AvgIpc) is 2.62. The van der Waals surface area contributed by atoms with Gasteiger partial charge in [-0.05, 0) is 41.8 Å². The maximum atomic E-state index is 9.55. The Morgan fingerprint density at radius 1 is 0.680 bits per heavy atom. The molecule has 1 heterocycles. The zero-order valence-corrected chi connectivity index (χ0v) is 13.4. The van der Waals surface area contributed by atoms with E-state index in [1.165, 1.54) is 0 Å². The first-order chi connectivity index (χ1) is 11.7. The van der Waals surface area contributed by atoms with Gasteiger partial charge in [0.1, 0.15) is 5.75 Å². The molecule has 0 unspecified atom stereocenters. The number of phenolic OH excluding ortho intramolecular Hbond substituents is 1. The van der Waals surface area contributed by atoms with Gasteiger partial charge in [-0.1, -0.05) is 60.7 Å². The lowest BCUT2D eigenvalue weighted by Gasteiger charge is -2.12. The summed E-state index contributed by atoms with van der Waals surface area (Å²) in [7, 11) is 0. The number of para-hydroxylation sites is 1. The molecule has 0 amide bonds. The number of aromatic nitrogens is 1. The van der Waals surface area contributed by atoms with Crippen molar-refractivity contribution in [3.8, 4) is 28.0 Å². The number of aromatic hydroxyl groups is 1. The van der Waals surface area contributed by atoms with Crippen LogP contribution in [0.5, 0.6) is 5.75 Å². The first kappa shape index (κ1) is 17.2. The Bertz CT molecular complexity index is 1030. The van der Waals surface area contributed by atoms with Gasteiger partial charge in [0.05, 0.1) is 5.52 Å². The zero-order chi connectivity index (χ0) is 16.5. The van der Waals surface area contributed by atoms with Gasteiger partial charge in [0.2, 0.25) is 0 Å². The molecule has 0 saturated carbocycles. The highest BCUT2D eigenvalue weighted by atomic mass is 27.0. The summed E-state index contributed by atoms with van der Waals surface area (Å²) in [6.45, 7) is 2.02. The van der Waals surface area contributed by atoms with E-state index >= 15 is 0 Å². The first-order valence-corrected chi connectivity index (χ1v) is 7.97. The van der Waals surface area contributed by atoms with Crippen LogP contribution in [0.15, 0.2) is 78.9 Å². The molecule has 0 aliphatic carbocycles. The second-order valence-corrected chi connectivity index (χ2v) is 5.92. The maximum Gasteiger partial charge on any atom is 0.187 e. The summed E-state index contributed by atoms with van der Waals surface area (Å²) in [5.74, 6) is 0.277. The monoisotopic (exact) mass is 341 g/mol. The van der Waals surface area contributed by atoms with Crippen LogP contribution in [0.2, 0.25) is 0 Å². The minimum atomic E-state index is 0. The molecule has 0 spiro atoms. The highest BCUT2D eigenvalue weighted by Gasteiger charge is 2.11. The van der Waals surface area contributed by atoms with E-state index in [2.05, 4.69) is 36.4 Å². The molecule has 0 fully saturated rings. The van der Waals surface area contributed by atoms with Crippen LogP contribution < -0.4 is 0 Å². The molecular weight excluding hydrogens is 321 g/mol. The Morgan fingerprint density at radius 3 is 2.12 bits per heavy atom. The molecule has 0 bridgehead atoms. The Balaban J connectivity index is 0.00000182. The Hall–Kier alpha value is -2.60. The van der Waals surface area contributed by atoms with E-state index in [1.807, 2.05) is 37.3 Å². The van der Waals surface area contributed by atoms with Crippen LogP contribution in [-0.4, -0.2) is 27.5 Å². The van der Waals surface area contributed by atoms with Crippen LogP contribution in [0, 0.1) is 6.92 Å². The van der Waals surface area contributed by atoms with E-state index in [4.69, 9.17) is 4.98 Å². The summed E-state index contributed by atoms with van der Waals surface area (Å²) in [5.41, 5.74) is 6.51. The van der Waals surface area contributed by atoms with Crippen LogP contribution in [0.3, 0.4) is 0 Å². The molecule has 1 aromatic heterocycles. The number of pyridine rings is 1. The van der Waals surface area contributed by atoms with E-state index in [-0.39, 0.29) is 23.1 Å². The van der Waals surface area contributed by atoms with E-state index in [9.17, 15) is 5.11 Å². The van der Waals surface area contributed by atoms with Crippen molar-refractivity contribution < 1.29 is 5.11 Å². The lowest BCUT2D eigenvalue weighted by Crippen LogP contribution is -1.90. The fourth-order valence-corrected chi connectivity index (χ4v) is 3.07. The zero-order valence-electron chi connectivity index (χ0n) is 13.4. The molecule has 0 radical (unpaired) electrons. The number of phenols is 1. The van der Waals surface area contributed by atoms with Gasteiger partial charge >= 0.3 is 0 Å². The predicted octanol–water partition coefficient (Wildman–Crippen LogP) is 4.40. The Labute approximate surface area is 157 Å². The van der Waals surface area contributed by atoms with Gasteiger partial charge in [0.25, 0.3) is 0 Å². The summed E-state index contributed by atoms with van der Waals surface area (Å²) in [6, 6.07) is 26.1. The third-order valence-corrected chi connectivity index (χ3v) is 4.26. The fraction of sp³-hybridized carbons (Fsp3) is 0.0455. The number of hydrogen-bond acceptors (Lipinski definition) is 2. The molecule has 0 atom stereocenters. The lowest BCUT2D eigenvalue weighted by atomic mass is 9.93. The maximum absolute atomic E-state index is 9.55. The molecule has 0 aliphatic rings. The molecule has 122 valence electrons. The quantitative estimate of drug-likeness (QED) is 0.548. The van der Waals surface area contributed by atoms with Gasteiger partial charge in [-0.3, -0.25) is 4.98 Å². The van der Waals surface area contributed by atoms with E-state index in [1.54, 1.807) is 12.1 Å². The van der Waals surface area contributed by atoms with Crippen molar-refractivity contribution >= 4 is 28.3 Å². The van der Waals surface area contributed by atoms with Crippen LogP contribution in [-0.2, 0) is 0 Å². The summed E-state index contributed by atoms with van der Waals surface area (Å²) in [6.07, 6.45) is 0. The van der Waals surface area contributed by atoms with E-state index in [0.29, 0.717) is 0 Å². The molecular formula is C22H20AlNO. The number of benzene rings is 3. The third kappa shape index (κ3) is 3.30. The minimum Gasteiger partial charge on any atom is -0.508 e. The molecule has 3 heteroatoms. The number of aryl methyl sites for hydroxylation is 1. The molecule has 2 nitrogen and oxygen atoms in total. The predicted molar refractivity (Wildman–Crippen MR) is 109 cm³/mol. The van der Waals surface area contributed by atoms with Gasteiger partial charge in [0, 0.05) is 16.6 Å². The molecule has 0 aliphatic heterocycles. The van der Waals surface area contributed by atoms with Crippen molar-refractivity contribution in [3.05, 3.63) is 84.6 Å². The van der Waals surface area contributed by atoms with Crippen molar-refractivity contribution in [1.29, 1.82) is 0 Å². The van der Waals surface area contributed by atoms with E-state index < -0.39 is 0 Å². The normalized spacial score (nSPS) is 10.4. The van der Waals surface area contributed by atoms with Crippen LogP contribution in [0.4, 0.5) is 0 Å². The van der Waals surface area contributed by atoms with Crippen LogP contribution in [0.1, 0.15) is 5.69 Å². The molecule has 1 N–H and O–H groups in total. The smallest absolute Gasteiger partial charge is 0.187 e. The summed E-state index contributed by atoms with van der Waals surface area (Å²) in [5, 5.41) is 10.7. The highest BCUT2D eigenvalue weighted by molar-refractivity contribution is 5.98. The molecule has 4 aromatic rings. The van der Waals surface area contributed by atoms with Crippen molar-refractivity contribution in [1.82, 2.24) is 4.98 Å². The minimum absolute atomic E-state index is 0. The molecule has 3 aromatic carbocycles. The van der Waals surface area contributed by atoms with Crippen molar-refractivity contribution in [2.24, 2.45) is 0 Å². The van der Waals surface area contributed by atoms with Crippen molar-refractivity contribution in [2.45, 2.75) is 6.92 Å². The van der Waals surface area contributed by atoms with Gasteiger partial charge in [-0.2, -0.15) is 0 Å². The molecule has 0 saturated heterocycles. The fourth-order valence-electron chi connectivity index (χ4n) is 3.07. The Morgan fingerprint density at radius 2 is 1.36 bits per heavy atom. The average molecular weight is 341 g/mol. The van der Waals surface area contributed by atoms with Crippen molar-refractivity contribution in [2.75, 3.05) is 0 Å². The number of fused-ring (bicyclic) bond motifs is 1. The lowest BCUT2D eigenvalue weighted by molar-refractivity contribution is 0.475. The van der Waals surface area contributed by atoms with Crippen molar-refractivity contribution in [3.63, 3.8) is 0 Å². The number of nitrogens with zero attached hydrogens (tertiary/aromatic N) is 1. The Kier molecular flexibility index (Phi) is 4.90. The van der Waals surface area contributed by atoms with Gasteiger partial charge in [-0.25, -0.2) is 0 Å².